The van der Waals surface area contributed by atoms with E-state index in [2.05, 4.69) is 32.7 Å². The van der Waals surface area contributed by atoms with Crippen LogP contribution in [0, 0.1) is 0 Å². The van der Waals surface area contributed by atoms with Gasteiger partial charge < -0.3 is 13.9 Å². The molecule has 0 saturated carbocycles. The highest BCUT2D eigenvalue weighted by molar-refractivity contribution is 6.39. The van der Waals surface area contributed by atoms with Gasteiger partial charge in [-0.15, -0.1) is 0 Å². The number of rotatable bonds is 0. The van der Waals surface area contributed by atoms with Gasteiger partial charge in [-0.3, -0.25) is 14.9 Å². The Balaban J connectivity index is 1.83. The molecule has 3 aromatic carbocycles. The van der Waals surface area contributed by atoms with Gasteiger partial charge in [0.1, 0.15) is 6.23 Å². The molecule has 2 atom stereocenters. The van der Waals surface area contributed by atoms with Gasteiger partial charge in [-0.1, -0.05) is 36.4 Å². The van der Waals surface area contributed by atoms with Crippen LogP contribution in [0.15, 0.2) is 48.5 Å². The molecule has 8 rings (SSSR count). The van der Waals surface area contributed by atoms with E-state index in [-0.39, 0.29) is 24.1 Å². The standard InChI is InChI=1S/C24H15N3O3/c28-23-19-17-12-5-1-3-7-14(12)26-11-9-16(30-10-11)27-15-8-4-2-6-13(15)18(22(27)21(17)26)20(19)24(29)25-23/h1-8,11,16H,9-10H2,(H,25,28,29)/t11?,16-/m0/s1. The number of benzene rings is 3. The number of hydrogen-bond acceptors (Lipinski definition) is 3. The fourth-order valence-electron chi connectivity index (χ4n) is 6.06. The summed E-state index contributed by atoms with van der Waals surface area (Å²) in [5.74, 6) is -0.616. The van der Waals surface area contributed by atoms with Crippen LogP contribution in [0.1, 0.15) is 39.4 Å². The number of imide groups is 1. The van der Waals surface area contributed by atoms with E-state index in [9.17, 15) is 9.59 Å². The second-order valence-corrected chi connectivity index (χ2v) is 8.43. The Labute approximate surface area is 169 Å². The number of aromatic nitrogens is 2. The van der Waals surface area contributed by atoms with Crippen LogP contribution in [0.5, 0.6) is 0 Å². The molecule has 2 bridgehead atoms. The maximum absolute atomic E-state index is 13.0. The summed E-state index contributed by atoms with van der Waals surface area (Å²) >= 11 is 0. The summed E-state index contributed by atoms with van der Waals surface area (Å²) in [7, 11) is 0. The number of carbonyl (C=O) groups is 2. The van der Waals surface area contributed by atoms with Gasteiger partial charge in [0.15, 0.2) is 0 Å². The van der Waals surface area contributed by atoms with Gasteiger partial charge in [0.2, 0.25) is 0 Å². The summed E-state index contributed by atoms with van der Waals surface area (Å²) < 4.78 is 10.9. The number of carbonyl (C=O) groups excluding carboxylic acids is 2. The van der Waals surface area contributed by atoms with E-state index < -0.39 is 0 Å². The molecule has 5 heterocycles. The zero-order chi connectivity index (χ0) is 19.7. The molecule has 144 valence electrons. The van der Waals surface area contributed by atoms with Crippen LogP contribution in [-0.4, -0.2) is 27.6 Å². The molecule has 1 saturated heterocycles. The first kappa shape index (κ1) is 15.2. The molecule has 2 aromatic heterocycles. The fraction of sp³-hybridized carbons (Fsp3) is 0.167. The van der Waals surface area contributed by atoms with Crippen molar-refractivity contribution in [2.75, 3.05) is 6.61 Å². The van der Waals surface area contributed by atoms with Crippen LogP contribution >= 0.6 is 0 Å². The van der Waals surface area contributed by atoms with Gasteiger partial charge in [0.05, 0.1) is 40.3 Å². The van der Waals surface area contributed by atoms with E-state index in [1.54, 1.807) is 0 Å². The lowest BCUT2D eigenvalue weighted by molar-refractivity contribution is 0.0607. The van der Waals surface area contributed by atoms with Crippen LogP contribution in [0.3, 0.4) is 0 Å². The summed E-state index contributed by atoms with van der Waals surface area (Å²) in [6.07, 6.45) is 0.776. The lowest BCUT2D eigenvalue weighted by Gasteiger charge is -2.16. The Kier molecular flexibility index (Phi) is 2.41. The first-order valence-corrected chi connectivity index (χ1v) is 10.2. The van der Waals surface area contributed by atoms with Gasteiger partial charge in [0.25, 0.3) is 11.8 Å². The average molecular weight is 393 g/mol. The maximum Gasteiger partial charge on any atom is 0.259 e. The molecule has 1 unspecified atom stereocenters. The maximum atomic E-state index is 13.0. The molecule has 3 aliphatic heterocycles. The van der Waals surface area contributed by atoms with Crippen LogP contribution in [0.2, 0.25) is 0 Å². The van der Waals surface area contributed by atoms with Crippen LogP contribution in [-0.2, 0) is 4.74 Å². The van der Waals surface area contributed by atoms with E-state index in [1.807, 2.05) is 30.3 Å². The molecule has 30 heavy (non-hydrogen) atoms. The molecule has 6 heteroatoms. The van der Waals surface area contributed by atoms with Gasteiger partial charge in [0, 0.05) is 33.5 Å². The summed E-state index contributed by atoms with van der Waals surface area (Å²) in [6, 6.07) is 16.5. The molecule has 1 fully saturated rings. The van der Waals surface area contributed by atoms with E-state index in [0.29, 0.717) is 17.7 Å². The van der Waals surface area contributed by atoms with Gasteiger partial charge in [-0.05, 0) is 12.1 Å². The highest BCUT2D eigenvalue weighted by Gasteiger charge is 2.42. The first-order valence-electron chi connectivity index (χ1n) is 10.2. The second-order valence-electron chi connectivity index (χ2n) is 8.43. The van der Waals surface area contributed by atoms with Crippen molar-refractivity contribution in [2.45, 2.75) is 18.7 Å². The Morgan fingerprint density at radius 3 is 2.03 bits per heavy atom. The van der Waals surface area contributed by atoms with Crippen LogP contribution in [0.25, 0.3) is 43.6 Å². The highest BCUT2D eigenvalue weighted by atomic mass is 16.5. The zero-order valence-electron chi connectivity index (χ0n) is 15.8. The molecular weight excluding hydrogens is 378 g/mol. The van der Waals surface area contributed by atoms with Crippen molar-refractivity contribution in [1.82, 2.24) is 14.5 Å². The van der Waals surface area contributed by atoms with Crippen molar-refractivity contribution in [2.24, 2.45) is 0 Å². The highest BCUT2D eigenvalue weighted by Crippen LogP contribution is 2.51. The minimum absolute atomic E-state index is 0.0857. The third-order valence-electron chi connectivity index (χ3n) is 7.08. The summed E-state index contributed by atoms with van der Waals surface area (Å²) in [4.78, 5) is 26.0. The fourth-order valence-corrected chi connectivity index (χ4v) is 6.06. The molecule has 6 nitrogen and oxygen atoms in total. The van der Waals surface area contributed by atoms with E-state index in [1.165, 1.54) is 0 Å². The molecular formula is C24H15N3O3. The quantitative estimate of drug-likeness (QED) is 0.400. The second kappa shape index (κ2) is 4.74. The van der Waals surface area contributed by atoms with Gasteiger partial charge >= 0.3 is 0 Å². The van der Waals surface area contributed by atoms with Crippen molar-refractivity contribution in [3.8, 4) is 0 Å². The first-order chi connectivity index (χ1) is 14.7. The number of ether oxygens (including phenoxy) is 1. The Hall–Kier alpha value is -3.64. The molecule has 0 radical (unpaired) electrons. The van der Waals surface area contributed by atoms with E-state index in [0.717, 1.165) is 50.0 Å². The lowest BCUT2D eigenvalue weighted by atomic mass is 9.96. The van der Waals surface area contributed by atoms with Crippen LogP contribution < -0.4 is 5.32 Å². The normalized spacial score (nSPS) is 22.0. The van der Waals surface area contributed by atoms with Crippen molar-refractivity contribution in [1.29, 1.82) is 0 Å². The lowest BCUT2D eigenvalue weighted by Crippen LogP contribution is -2.20. The van der Waals surface area contributed by atoms with Gasteiger partial charge in [-0.2, -0.15) is 0 Å². The average Bonchev–Trinajstić information content (AvgIpc) is 3.46. The van der Waals surface area contributed by atoms with Crippen LogP contribution in [0.4, 0.5) is 0 Å². The minimum Gasteiger partial charge on any atom is -0.356 e. The molecule has 5 aromatic rings. The Bertz CT molecular complexity index is 1530. The van der Waals surface area contributed by atoms with Crippen molar-refractivity contribution >= 4 is 55.4 Å². The SMILES string of the molecule is O=C1NC(=O)c2c1c1c3ccccc3n3c1c1c2c2ccccc2n1[C@@H]1CC3CO1. The molecule has 0 spiro atoms. The largest absolute Gasteiger partial charge is 0.356 e. The number of nitrogens with one attached hydrogen (secondary N) is 1. The minimum atomic E-state index is -0.313. The predicted octanol–water partition coefficient (Wildman–Crippen LogP) is 4.26. The topological polar surface area (TPSA) is 65.3 Å². The third kappa shape index (κ3) is 1.46. The molecule has 3 aliphatic rings. The number of fused-ring (bicyclic) bond motifs is 13. The zero-order valence-corrected chi connectivity index (χ0v) is 15.8. The Morgan fingerprint density at radius 1 is 0.800 bits per heavy atom. The number of hydrogen-bond donors (Lipinski definition) is 1. The van der Waals surface area contributed by atoms with Crippen molar-refractivity contribution in [3.05, 3.63) is 59.7 Å². The van der Waals surface area contributed by atoms with E-state index >= 15 is 0 Å². The smallest absolute Gasteiger partial charge is 0.259 e. The van der Waals surface area contributed by atoms with Crippen molar-refractivity contribution < 1.29 is 14.3 Å². The Morgan fingerprint density at radius 2 is 1.37 bits per heavy atom. The summed E-state index contributed by atoms with van der Waals surface area (Å²) in [5, 5.41) is 6.30. The molecule has 0 aliphatic carbocycles. The molecule has 2 amide bonds. The number of nitrogens with zero attached hydrogens (tertiary/aromatic N) is 2. The third-order valence-corrected chi connectivity index (χ3v) is 7.08. The monoisotopic (exact) mass is 393 g/mol. The summed E-state index contributed by atoms with van der Waals surface area (Å²) in [5.41, 5.74) is 5.18. The van der Waals surface area contributed by atoms with Crippen molar-refractivity contribution in [3.63, 3.8) is 0 Å². The van der Waals surface area contributed by atoms with Gasteiger partial charge in [-0.25, -0.2) is 0 Å². The number of para-hydroxylation sites is 2. The number of amides is 2. The molecule has 1 N–H and O–H groups in total. The summed E-state index contributed by atoms with van der Waals surface area (Å²) in [6.45, 7) is 0.633. The van der Waals surface area contributed by atoms with E-state index in [4.69, 9.17) is 4.74 Å². The predicted molar refractivity (Wildman–Crippen MR) is 113 cm³/mol.